The van der Waals surface area contributed by atoms with E-state index in [1.165, 1.54) is 11.1 Å². The SMILES string of the molecule is Cc1nc(C)c(Cc2ccccc2)c(Nc2ccc(CN3CCOCC3)cc2)n1. The molecule has 0 spiro atoms. The fourth-order valence-electron chi connectivity index (χ4n) is 3.70. The zero-order chi connectivity index (χ0) is 20.1. The first-order chi connectivity index (χ1) is 14.2. The summed E-state index contributed by atoms with van der Waals surface area (Å²) in [4.78, 5) is 11.7. The quantitative estimate of drug-likeness (QED) is 0.684. The molecule has 0 saturated carbocycles. The Kier molecular flexibility index (Phi) is 6.17. The molecule has 0 aliphatic carbocycles. The van der Waals surface area contributed by atoms with Crippen molar-refractivity contribution in [1.29, 1.82) is 0 Å². The van der Waals surface area contributed by atoms with E-state index in [-0.39, 0.29) is 0 Å². The van der Waals surface area contributed by atoms with Crippen molar-refractivity contribution in [3.63, 3.8) is 0 Å². The van der Waals surface area contributed by atoms with Gasteiger partial charge in [0, 0.05) is 43.0 Å². The third-order valence-corrected chi connectivity index (χ3v) is 5.28. The molecule has 2 heterocycles. The van der Waals surface area contributed by atoms with Gasteiger partial charge in [-0.1, -0.05) is 42.5 Å². The minimum Gasteiger partial charge on any atom is -0.379 e. The molecule has 150 valence electrons. The van der Waals surface area contributed by atoms with Gasteiger partial charge >= 0.3 is 0 Å². The Labute approximate surface area is 172 Å². The molecular formula is C24H28N4O. The number of aromatic nitrogens is 2. The van der Waals surface area contributed by atoms with E-state index in [0.29, 0.717) is 0 Å². The lowest BCUT2D eigenvalue weighted by Crippen LogP contribution is -2.35. The molecule has 1 saturated heterocycles. The lowest BCUT2D eigenvalue weighted by atomic mass is 10.0. The molecule has 0 radical (unpaired) electrons. The van der Waals surface area contributed by atoms with Crippen LogP contribution < -0.4 is 5.32 Å². The molecule has 0 unspecified atom stereocenters. The summed E-state index contributed by atoms with van der Waals surface area (Å²) >= 11 is 0. The van der Waals surface area contributed by atoms with Gasteiger partial charge in [0.25, 0.3) is 0 Å². The molecule has 1 fully saturated rings. The van der Waals surface area contributed by atoms with Crippen LogP contribution in [-0.4, -0.2) is 41.2 Å². The Morgan fingerprint density at radius 2 is 1.62 bits per heavy atom. The van der Waals surface area contributed by atoms with E-state index in [2.05, 4.69) is 70.7 Å². The van der Waals surface area contributed by atoms with Crippen LogP contribution in [0, 0.1) is 13.8 Å². The predicted molar refractivity (Wildman–Crippen MR) is 117 cm³/mol. The second kappa shape index (κ2) is 9.16. The summed E-state index contributed by atoms with van der Waals surface area (Å²) in [6.45, 7) is 8.63. The summed E-state index contributed by atoms with van der Waals surface area (Å²) < 4.78 is 5.43. The lowest BCUT2D eigenvalue weighted by molar-refractivity contribution is 0.0342. The van der Waals surface area contributed by atoms with Crippen LogP contribution in [-0.2, 0) is 17.7 Å². The maximum absolute atomic E-state index is 5.43. The van der Waals surface area contributed by atoms with Gasteiger partial charge in [-0.2, -0.15) is 0 Å². The van der Waals surface area contributed by atoms with Gasteiger partial charge in [0.05, 0.1) is 13.2 Å². The largest absolute Gasteiger partial charge is 0.379 e. The third-order valence-electron chi connectivity index (χ3n) is 5.28. The first-order valence-corrected chi connectivity index (χ1v) is 10.2. The van der Waals surface area contributed by atoms with Gasteiger partial charge in [-0.25, -0.2) is 9.97 Å². The number of rotatable bonds is 6. The summed E-state index contributed by atoms with van der Waals surface area (Å²) in [6.07, 6.45) is 0.810. The van der Waals surface area contributed by atoms with Crippen molar-refractivity contribution >= 4 is 11.5 Å². The second-order valence-corrected chi connectivity index (χ2v) is 7.56. The Morgan fingerprint density at radius 1 is 0.897 bits per heavy atom. The van der Waals surface area contributed by atoms with Crippen LogP contribution in [0.5, 0.6) is 0 Å². The zero-order valence-corrected chi connectivity index (χ0v) is 17.2. The average molecular weight is 389 g/mol. The van der Waals surface area contributed by atoms with Gasteiger partial charge in [0.2, 0.25) is 0 Å². The van der Waals surface area contributed by atoms with Crippen LogP contribution in [0.2, 0.25) is 0 Å². The minimum atomic E-state index is 0.783. The number of hydrogen-bond donors (Lipinski definition) is 1. The van der Waals surface area contributed by atoms with Crippen molar-refractivity contribution in [2.75, 3.05) is 31.6 Å². The van der Waals surface area contributed by atoms with Gasteiger partial charge < -0.3 is 10.1 Å². The highest BCUT2D eigenvalue weighted by molar-refractivity contribution is 5.61. The summed E-state index contributed by atoms with van der Waals surface area (Å²) in [5.41, 5.74) is 5.78. The van der Waals surface area contributed by atoms with E-state index >= 15 is 0 Å². The van der Waals surface area contributed by atoms with Crippen LogP contribution in [0.3, 0.4) is 0 Å². The van der Waals surface area contributed by atoms with E-state index in [0.717, 1.165) is 67.9 Å². The Hall–Kier alpha value is -2.76. The van der Waals surface area contributed by atoms with Crippen molar-refractivity contribution in [2.45, 2.75) is 26.8 Å². The summed E-state index contributed by atoms with van der Waals surface area (Å²) in [5, 5.41) is 3.52. The number of anilines is 2. The first kappa shape index (κ1) is 19.6. The van der Waals surface area contributed by atoms with Gasteiger partial charge in [-0.3, -0.25) is 4.90 Å². The maximum Gasteiger partial charge on any atom is 0.137 e. The van der Waals surface area contributed by atoms with Crippen LogP contribution in [0.15, 0.2) is 54.6 Å². The molecule has 0 bridgehead atoms. The normalized spacial score (nSPS) is 14.7. The molecule has 1 aromatic heterocycles. The first-order valence-electron chi connectivity index (χ1n) is 10.2. The summed E-state index contributed by atoms with van der Waals surface area (Å²) in [7, 11) is 0. The van der Waals surface area contributed by atoms with Crippen LogP contribution in [0.4, 0.5) is 11.5 Å². The number of benzene rings is 2. The zero-order valence-electron chi connectivity index (χ0n) is 17.2. The number of nitrogens with one attached hydrogen (secondary N) is 1. The number of ether oxygens (including phenoxy) is 1. The van der Waals surface area contributed by atoms with Gasteiger partial charge in [0.1, 0.15) is 11.6 Å². The molecule has 5 nitrogen and oxygen atoms in total. The lowest BCUT2D eigenvalue weighted by Gasteiger charge is -2.26. The van der Waals surface area contributed by atoms with E-state index in [1.807, 2.05) is 13.0 Å². The molecule has 1 N–H and O–H groups in total. The number of nitrogens with zero attached hydrogens (tertiary/aromatic N) is 3. The van der Waals surface area contributed by atoms with Crippen molar-refractivity contribution in [3.8, 4) is 0 Å². The average Bonchev–Trinajstić information content (AvgIpc) is 2.73. The van der Waals surface area contributed by atoms with Crippen molar-refractivity contribution in [2.24, 2.45) is 0 Å². The summed E-state index contributed by atoms with van der Waals surface area (Å²) in [6, 6.07) is 19.1. The highest BCUT2D eigenvalue weighted by Gasteiger charge is 2.13. The summed E-state index contributed by atoms with van der Waals surface area (Å²) in [5.74, 6) is 1.67. The maximum atomic E-state index is 5.43. The predicted octanol–water partition coefficient (Wildman–Crippen LogP) is 4.26. The van der Waals surface area contributed by atoms with Crippen molar-refractivity contribution < 1.29 is 4.74 Å². The van der Waals surface area contributed by atoms with E-state index < -0.39 is 0 Å². The fraction of sp³-hybridized carbons (Fsp3) is 0.333. The number of hydrogen-bond acceptors (Lipinski definition) is 5. The van der Waals surface area contributed by atoms with E-state index in [1.54, 1.807) is 0 Å². The third kappa shape index (κ3) is 5.19. The number of aryl methyl sites for hydroxylation is 2. The molecule has 3 aromatic rings. The molecule has 5 heteroatoms. The molecule has 1 aliphatic rings. The highest BCUT2D eigenvalue weighted by atomic mass is 16.5. The molecule has 0 atom stereocenters. The van der Waals surface area contributed by atoms with Crippen molar-refractivity contribution in [1.82, 2.24) is 14.9 Å². The second-order valence-electron chi connectivity index (χ2n) is 7.56. The van der Waals surface area contributed by atoms with Crippen LogP contribution >= 0.6 is 0 Å². The standard InChI is InChI=1S/C24H28N4O/c1-18-23(16-20-6-4-3-5-7-20)24(26-19(2)25-18)27-22-10-8-21(9-11-22)17-28-12-14-29-15-13-28/h3-11H,12-17H2,1-2H3,(H,25,26,27). The van der Waals surface area contributed by atoms with E-state index in [4.69, 9.17) is 9.72 Å². The topological polar surface area (TPSA) is 50.3 Å². The van der Waals surface area contributed by atoms with Crippen LogP contribution in [0.25, 0.3) is 0 Å². The van der Waals surface area contributed by atoms with Gasteiger partial charge in [-0.05, 0) is 37.1 Å². The molecule has 4 rings (SSSR count). The number of morpholine rings is 1. The molecule has 29 heavy (non-hydrogen) atoms. The molecule has 1 aliphatic heterocycles. The van der Waals surface area contributed by atoms with Gasteiger partial charge in [0.15, 0.2) is 0 Å². The molecule has 0 amide bonds. The fourth-order valence-corrected chi connectivity index (χ4v) is 3.70. The monoisotopic (exact) mass is 388 g/mol. The Bertz CT molecular complexity index is 935. The smallest absolute Gasteiger partial charge is 0.137 e. The van der Waals surface area contributed by atoms with Crippen molar-refractivity contribution in [3.05, 3.63) is 82.8 Å². The van der Waals surface area contributed by atoms with E-state index in [9.17, 15) is 0 Å². The Balaban J connectivity index is 1.51. The van der Waals surface area contributed by atoms with Gasteiger partial charge in [-0.15, -0.1) is 0 Å². The molecule has 2 aromatic carbocycles. The van der Waals surface area contributed by atoms with Crippen LogP contribution in [0.1, 0.15) is 28.2 Å². The molecular weight excluding hydrogens is 360 g/mol. The highest BCUT2D eigenvalue weighted by Crippen LogP contribution is 2.24. The Morgan fingerprint density at radius 3 is 2.34 bits per heavy atom. The minimum absolute atomic E-state index is 0.783.